The lowest BCUT2D eigenvalue weighted by Crippen LogP contribution is -2.31. The minimum absolute atomic E-state index is 0.327. The van der Waals surface area contributed by atoms with E-state index in [2.05, 4.69) is 5.32 Å². The van der Waals surface area contributed by atoms with Crippen molar-refractivity contribution in [1.29, 1.82) is 0 Å². The van der Waals surface area contributed by atoms with E-state index in [1.54, 1.807) is 36.4 Å². The summed E-state index contributed by atoms with van der Waals surface area (Å²) in [6.45, 7) is 3.06. The molecule has 0 aliphatic carbocycles. The predicted octanol–water partition coefficient (Wildman–Crippen LogP) is 3.60. The Morgan fingerprint density at radius 3 is 2.58 bits per heavy atom. The smallest absolute Gasteiger partial charge is 0.344 e. The molecule has 0 aliphatic heterocycles. The summed E-state index contributed by atoms with van der Waals surface area (Å²) in [5.41, 5.74) is 1.59. The summed E-state index contributed by atoms with van der Waals surface area (Å²) in [5.74, 6) is -0.665. The molecule has 24 heavy (non-hydrogen) atoms. The topological polar surface area (TPSA) is 64.6 Å². The number of aryl methyl sites for hydroxylation is 1. The van der Waals surface area contributed by atoms with E-state index in [0.717, 1.165) is 5.56 Å². The van der Waals surface area contributed by atoms with Crippen molar-refractivity contribution in [2.45, 2.75) is 20.0 Å². The summed E-state index contributed by atoms with van der Waals surface area (Å²) in [5, 5.41) is 3.07. The average Bonchev–Trinajstić information content (AvgIpc) is 2.56. The van der Waals surface area contributed by atoms with Gasteiger partial charge in [-0.1, -0.05) is 35.9 Å². The first-order valence-corrected chi connectivity index (χ1v) is 7.78. The van der Waals surface area contributed by atoms with Gasteiger partial charge in [0.25, 0.3) is 5.91 Å². The zero-order valence-electron chi connectivity index (χ0n) is 13.4. The maximum atomic E-state index is 12.0. The molecule has 6 heteroatoms. The van der Waals surface area contributed by atoms with E-state index in [-0.39, 0.29) is 6.61 Å². The van der Waals surface area contributed by atoms with E-state index >= 15 is 0 Å². The van der Waals surface area contributed by atoms with Crippen molar-refractivity contribution in [3.8, 4) is 5.75 Å². The summed E-state index contributed by atoms with van der Waals surface area (Å²) in [6, 6.07) is 14.2. The molecule has 0 aromatic heterocycles. The number of rotatable bonds is 6. The molecular weight excluding hydrogens is 330 g/mol. The zero-order valence-corrected chi connectivity index (χ0v) is 14.2. The molecule has 0 fully saturated rings. The van der Waals surface area contributed by atoms with E-state index < -0.39 is 18.0 Å². The number of esters is 1. The van der Waals surface area contributed by atoms with Crippen LogP contribution in [0, 0.1) is 6.92 Å². The van der Waals surface area contributed by atoms with Gasteiger partial charge in [-0.25, -0.2) is 4.79 Å². The number of ether oxygens (including phenoxy) is 2. The Morgan fingerprint density at radius 2 is 1.88 bits per heavy atom. The van der Waals surface area contributed by atoms with Crippen LogP contribution >= 0.6 is 11.6 Å². The van der Waals surface area contributed by atoms with Gasteiger partial charge in [-0.05, 0) is 43.7 Å². The molecule has 2 aromatic carbocycles. The number of halogens is 1. The lowest BCUT2D eigenvalue weighted by molar-refractivity contribution is -0.155. The lowest BCUT2D eigenvalue weighted by atomic mass is 10.2. The van der Waals surface area contributed by atoms with Crippen LogP contribution in [0.4, 0.5) is 5.69 Å². The molecular formula is C18H18ClNO4. The third kappa shape index (κ3) is 5.28. The normalized spacial score (nSPS) is 11.5. The van der Waals surface area contributed by atoms with Crippen LogP contribution in [0.15, 0.2) is 48.5 Å². The molecule has 5 nitrogen and oxygen atoms in total. The first kappa shape index (κ1) is 17.8. The van der Waals surface area contributed by atoms with E-state index in [4.69, 9.17) is 21.1 Å². The van der Waals surface area contributed by atoms with Crippen molar-refractivity contribution in [3.63, 3.8) is 0 Å². The molecule has 0 heterocycles. The summed E-state index contributed by atoms with van der Waals surface area (Å²) in [7, 11) is 0. The van der Waals surface area contributed by atoms with Crippen molar-refractivity contribution in [1.82, 2.24) is 0 Å². The fourth-order valence-corrected chi connectivity index (χ4v) is 2.08. The number of carbonyl (C=O) groups is 2. The zero-order chi connectivity index (χ0) is 17.5. The number of para-hydroxylation sites is 1. The van der Waals surface area contributed by atoms with Gasteiger partial charge in [0.15, 0.2) is 12.7 Å². The second kappa shape index (κ2) is 8.36. The Labute approximate surface area is 145 Å². The Kier molecular flexibility index (Phi) is 6.21. The van der Waals surface area contributed by atoms with Gasteiger partial charge in [-0.2, -0.15) is 0 Å². The highest BCUT2D eigenvalue weighted by atomic mass is 35.5. The molecule has 0 aliphatic rings. The number of hydrogen-bond donors (Lipinski definition) is 1. The minimum Gasteiger partial charge on any atom is -0.480 e. The highest BCUT2D eigenvalue weighted by Crippen LogP contribution is 2.25. The van der Waals surface area contributed by atoms with Gasteiger partial charge in [0, 0.05) is 5.69 Å². The summed E-state index contributed by atoms with van der Waals surface area (Å²) < 4.78 is 10.4. The second-order valence-electron chi connectivity index (χ2n) is 5.21. The average molecular weight is 348 g/mol. The molecule has 1 amide bonds. The Bertz CT molecular complexity index is 718. The monoisotopic (exact) mass is 347 g/mol. The molecule has 0 radical (unpaired) electrons. The largest absolute Gasteiger partial charge is 0.480 e. The number of carbonyl (C=O) groups excluding carboxylic acids is 2. The van der Waals surface area contributed by atoms with E-state index in [1.165, 1.54) is 6.92 Å². The van der Waals surface area contributed by atoms with Gasteiger partial charge >= 0.3 is 5.97 Å². The van der Waals surface area contributed by atoms with E-state index in [0.29, 0.717) is 16.5 Å². The second-order valence-corrected chi connectivity index (χ2v) is 5.62. The molecule has 0 unspecified atom stereocenters. The van der Waals surface area contributed by atoms with E-state index in [1.807, 2.05) is 19.1 Å². The van der Waals surface area contributed by atoms with E-state index in [9.17, 15) is 9.59 Å². The maximum Gasteiger partial charge on any atom is 0.344 e. The predicted molar refractivity (Wildman–Crippen MR) is 92.3 cm³/mol. The lowest BCUT2D eigenvalue weighted by Gasteiger charge is -2.14. The van der Waals surface area contributed by atoms with Gasteiger partial charge in [0.1, 0.15) is 5.75 Å². The molecule has 0 saturated heterocycles. The van der Waals surface area contributed by atoms with Gasteiger partial charge in [0.2, 0.25) is 0 Å². The van der Waals surface area contributed by atoms with Crippen LogP contribution < -0.4 is 10.1 Å². The summed E-state index contributed by atoms with van der Waals surface area (Å²) in [4.78, 5) is 23.8. The van der Waals surface area contributed by atoms with Gasteiger partial charge in [-0.3, -0.25) is 4.79 Å². The molecule has 1 atom stereocenters. The quantitative estimate of drug-likeness (QED) is 0.811. The van der Waals surface area contributed by atoms with Crippen LogP contribution in [0.25, 0.3) is 0 Å². The van der Waals surface area contributed by atoms with Crippen LogP contribution in [0.5, 0.6) is 5.75 Å². The minimum atomic E-state index is -0.936. The summed E-state index contributed by atoms with van der Waals surface area (Å²) >= 11 is 5.98. The van der Waals surface area contributed by atoms with Crippen molar-refractivity contribution < 1.29 is 19.1 Å². The van der Waals surface area contributed by atoms with Crippen molar-refractivity contribution in [2.24, 2.45) is 0 Å². The molecule has 0 spiro atoms. The fourth-order valence-electron chi connectivity index (χ4n) is 1.91. The molecule has 0 saturated carbocycles. The maximum absolute atomic E-state index is 12.0. The Hall–Kier alpha value is -2.53. The standard InChI is InChI=1S/C18H18ClNO4/c1-12-8-9-15(19)16(10-12)23-11-17(21)24-13(2)18(22)20-14-6-4-3-5-7-14/h3-10,13H,11H2,1-2H3,(H,20,22)/t13-/m0/s1. The van der Waals surface area contributed by atoms with Crippen molar-refractivity contribution in [3.05, 3.63) is 59.1 Å². The molecule has 126 valence electrons. The fraction of sp³-hybridized carbons (Fsp3) is 0.222. The van der Waals surface area contributed by atoms with Gasteiger partial charge < -0.3 is 14.8 Å². The Morgan fingerprint density at radius 1 is 1.17 bits per heavy atom. The highest BCUT2D eigenvalue weighted by Gasteiger charge is 2.18. The first-order chi connectivity index (χ1) is 11.5. The van der Waals surface area contributed by atoms with Gasteiger partial charge in [-0.15, -0.1) is 0 Å². The number of nitrogens with one attached hydrogen (secondary N) is 1. The van der Waals surface area contributed by atoms with Crippen LogP contribution in [-0.4, -0.2) is 24.6 Å². The third-order valence-corrected chi connectivity index (χ3v) is 3.46. The molecule has 0 bridgehead atoms. The third-order valence-electron chi connectivity index (χ3n) is 3.15. The van der Waals surface area contributed by atoms with Crippen LogP contribution in [-0.2, 0) is 14.3 Å². The molecule has 2 rings (SSSR count). The number of amides is 1. The van der Waals surface area contributed by atoms with Crippen LogP contribution in [0.1, 0.15) is 12.5 Å². The number of benzene rings is 2. The summed E-state index contributed by atoms with van der Waals surface area (Å²) in [6.07, 6.45) is -0.936. The number of anilines is 1. The van der Waals surface area contributed by atoms with Crippen molar-refractivity contribution >= 4 is 29.2 Å². The highest BCUT2D eigenvalue weighted by molar-refractivity contribution is 6.32. The van der Waals surface area contributed by atoms with Gasteiger partial charge in [0.05, 0.1) is 5.02 Å². The van der Waals surface area contributed by atoms with Crippen molar-refractivity contribution in [2.75, 3.05) is 11.9 Å². The molecule has 2 aromatic rings. The van der Waals surface area contributed by atoms with Crippen LogP contribution in [0.2, 0.25) is 5.02 Å². The van der Waals surface area contributed by atoms with Crippen LogP contribution in [0.3, 0.4) is 0 Å². The molecule has 1 N–H and O–H groups in total. The Balaban J connectivity index is 1.83. The SMILES string of the molecule is Cc1ccc(Cl)c(OCC(=O)O[C@@H](C)C(=O)Nc2ccccc2)c1. The first-order valence-electron chi connectivity index (χ1n) is 7.40. The number of hydrogen-bond acceptors (Lipinski definition) is 4.